The highest BCUT2D eigenvalue weighted by Gasteiger charge is 2.20. The number of methoxy groups -OCH3 is 1. The van der Waals surface area contributed by atoms with Crippen LogP contribution >= 0.6 is 0 Å². The Bertz CT molecular complexity index is 539. The molecule has 2 rings (SSSR count). The molecule has 1 saturated heterocycles. The molecule has 1 heterocycles. The monoisotopic (exact) mass is 333 g/mol. The number of carbonyl (C=O) groups excluding carboxylic acids is 2. The molecule has 0 unspecified atom stereocenters. The van der Waals surface area contributed by atoms with E-state index in [1.54, 1.807) is 36.3 Å². The van der Waals surface area contributed by atoms with E-state index in [1.165, 1.54) is 0 Å². The van der Waals surface area contributed by atoms with Gasteiger partial charge in [-0.15, -0.1) is 0 Å². The molecule has 0 spiro atoms. The lowest BCUT2D eigenvalue weighted by Gasteiger charge is -2.29. The molecule has 132 valence electrons. The smallest absolute Gasteiger partial charge is 0.253 e. The molecule has 24 heavy (non-hydrogen) atoms. The van der Waals surface area contributed by atoms with Gasteiger partial charge in [0, 0.05) is 51.3 Å². The molecule has 1 aromatic carbocycles. The predicted molar refractivity (Wildman–Crippen MR) is 93.3 cm³/mol. The fraction of sp³-hybridized carbons (Fsp3) is 0.556. The van der Waals surface area contributed by atoms with Crippen molar-refractivity contribution in [1.82, 2.24) is 15.1 Å². The van der Waals surface area contributed by atoms with E-state index in [9.17, 15) is 9.59 Å². The van der Waals surface area contributed by atoms with Crippen LogP contribution in [0, 0.1) is 0 Å². The minimum Gasteiger partial charge on any atom is -0.497 e. The van der Waals surface area contributed by atoms with Crippen LogP contribution in [-0.2, 0) is 4.79 Å². The van der Waals surface area contributed by atoms with Crippen molar-refractivity contribution in [2.75, 3.05) is 46.4 Å². The molecule has 0 atom stereocenters. The Morgan fingerprint density at radius 3 is 2.42 bits per heavy atom. The predicted octanol–water partition coefficient (Wildman–Crippen LogP) is 1.37. The van der Waals surface area contributed by atoms with Crippen molar-refractivity contribution in [3.05, 3.63) is 29.8 Å². The number of rotatable bonds is 7. The Labute approximate surface area is 143 Å². The highest BCUT2D eigenvalue weighted by molar-refractivity contribution is 5.94. The maximum absolute atomic E-state index is 12.7. The molecular formula is C18H27N3O3. The van der Waals surface area contributed by atoms with Gasteiger partial charge in [-0.25, -0.2) is 0 Å². The number of nitrogens with zero attached hydrogens (tertiary/aromatic N) is 2. The van der Waals surface area contributed by atoms with E-state index in [4.69, 9.17) is 4.74 Å². The van der Waals surface area contributed by atoms with Crippen LogP contribution < -0.4 is 10.1 Å². The lowest BCUT2D eigenvalue weighted by atomic mass is 10.1. The first-order valence-corrected chi connectivity index (χ1v) is 8.57. The zero-order chi connectivity index (χ0) is 17.4. The second kappa shape index (κ2) is 9.27. The zero-order valence-electron chi connectivity index (χ0n) is 14.6. The fourth-order valence-corrected chi connectivity index (χ4v) is 2.80. The molecule has 0 aliphatic carbocycles. The minimum absolute atomic E-state index is 0.0346. The molecule has 1 aliphatic rings. The second-order valence-corrected chi connectivity index (χ2v) is 5.90. The van der Waals surface area contributed by atoms with Gasteiger partial charge in [0.15, 0.2) is 0 Å². The van der Waals surface area contributed by atoms with Crippen molar-refractivity contribution >= 4 is 11.8 Å². The Morgan fingerprint density at radius 1 is 1.17 bits per heavy atom. The van der Waals surface area contributed by atoms with Gasteiger partial charge in [0.2, 0.25) is 5.91 Å². The average Bonchev–Trinajstić information content (AvgIpc) is 2.65. The van der Waals surface area contributed by atoms with Gasteiger partial charge < -0.3 is 19.9 Å². The maximum atomic E-state index is 12.7. The SMILES string of the molecule is CCCN(CCC(=O)N1CCNCC1)C(=O)c1ccc(OC)cc1. The zero-order valence-corrected chi connectivity index (χ0v) is 14.6. The highest BCUT2D eigenvalue weighted by atomic mass is 16.5. The van der Waals surface area contributed by atoms with Crippen LogP contribution in [-0.4, -0.2) is 68.0 Å². The molecule has 1 aromatic rings. The summed E-state index contributed by atoms with van der Waals surface area (Å²) in [5.74, 6) is 0.815. The standard InChI is InChI=1S/C18H27N3O3/c1-3-11-21(12-8-17(22)20-13-9-19-10-14-20)18(23)15-4-6-16(24-2)7-5-15/h4-7,19H,3,8-14H2,1-2H3. The molecule has 1 N–H and O–H groups in total. The summed E-state index contributed by atoms with van der Waals surface area (Å²) in [6.45, 7) is 6.33. The molecule has 0 aromatic heterocycles. The molecular weight excluding hydrogens is 306 g/mol. The average molecular weight is 333 g/mol. The summed E-state index contributed by atoms with van der Waals surface area (Å²) in [6, 6.07) is 7.09. The lowest BCUT2D eigenvalue weighted by molar-refractivity contribution is -0.131. The number of carbonyl (C=O) groups is 2. The van der Waals surface area contributed by atoms with Crippen LogP contribution in [0.15, 0.2) is 24.3 Å². The number of piperazine rings is 1. The molecule has 1 aliphatic heterocycles. The van der Waals surface area contributed by atoms with Gasteiger partial charge in [-0.1, -0.05) is 6.92 Å². The summed E-state index contributed by atoms with van der Waals surface area (Å²) >= 11 is 0. The van der Waals surface area contributed by atoms with Gasteiger partial charge in [-0.05, 0) is 30.7 Å². The summed E-state index contributed by atoms with van der Waals surface area (Å²) in [5, 5.41) is 3.24. The molecule has 1 fully saturated rings. The van der Waals surface area contributed by atoms with E-state index in [1.807, 2.05) is 11.8 Å². The number of amides is 2. The van der Waals surface area contributed by atoms with Gasteiger partial charge in [0.05, 0.1) is 7.11 Å². The Morgan fingerprint density at radius 2 is 1.83 bits per heavy atom. The van der Waals surface area contributed by atoms with Crippen LogP contribution in [0.5, 0.6) is 5.75 Å². The number of hydrogen-bond acceptors (Lipinski definition) is 4. The van der Waals surface area contributed by atoms with Gasteiger partial charge in [-0.3, -0.25) is 9.59 Å². The third kappa shape index (κ3) is 4.96. The molecule has 6 nitrogen and oxygen atoms in total. The largest absolute Gasteiger partial charge is 0.497 e. The van der Waals surface area contributed by atoms with Crippen molar-refractivity contribution < 1.29 is 14.3 Å². The number of nitrogens with one attached hydrogen (secondary N) is 1. The van der Waals surface area contributed by atoms with Gasteiger partial charge >= 0.3 is 0 Å². The topological polar surface area (TPSA) is 61.9 Å². The van der Waals surface area contributed by atoms with Crippen molar-refractivity contribution in [2.45, 2.75) is 19.8 Å². The van der Waals surface area contributed by atoms with Crippen LogP contribution in [0.2, 0.25) is 0 Å². The van der Waals surface area contributed by atoms with E-state index in [0.29, 0.717) is 25.1 Å². The van der Waals surface area contributed by atoms with Crippen LogP contribution in [0.4, 0.5) is 0 Å². The van der Waals surface area contributed by atoms with Crippen molar-refractivity contribution in [2.24, 2.45) is 0 Å². The molecule has 2 amide bonds. The van der Waals surface area contributed by atoms with Crippen LogP contribution in [0.25, 0.3) is 0 Å². The quantitative estimate of drug-likeness (QED) is 0.819. The number of benzene rings is 1. The van der Waals surface area contributed by atoms with Crippen molar-refractivity contribution in [3.8, 4) is 5.75 Å². The van der Waals surface area contributed by atoms with Crippen LogP contribution in [0.1, 0.15) is 30.1 Å². The molecule has 0 bridgehead atoms. The molecule has 0 saturated carbocycles. The molecule has 6 heteroatoms. The summed E-state index contributed by atoms with van der Waals surface area (Å²) in [4.78, 5) is 28.6. The first-order valence-electron chi connectivity index (χ1n) is 8.57. The lowest BCUT2D eigenvalue weighted by Crippen LogP contribution is -2.47. The van der Waals surface area contributed by atoms with Crippen molar-refractivity contribution in [3.63, 3.8) is 0 Å². The van der Waals surface area contributed by atoms with Crippen LogP contribution in [0.3, 0.4) is 0 Å². The van der Waals surface area contributed by atoms with E-state index in [2.05, 4.69) is 5.32 Å². The Kier molecular flexibility index (Phi) is 7.06. The Hall–Kier alpha value is -2.08. The van der Waals surface area contributed by atoms with E-state index in [-0.39, 0.29) is 11.8 Å². The first-order chi connectivity index (χ1) is 11.7. The highest BCUT2D eigenvalue weighted by Crippen LogP contribution is 2.14. The Balaban J connectivity index is 1.94. The second-order valence-electron chi connectivity index (χ2n) is 5.90. The van der Waals surface area contributed by atoms with Crippen molar-refractivity contribution in [1.29, 1.82) is 0 Å². The number of hydrogen-bond donors (Lipinski definition) is 1. The third-order valence-corrected chi connectivity index (χ3v) is 4.18. The third-order valence-electron chi connectivity index (χ3n) is 4.18. The summed E-state index contributed by atoms with van der Waals surface area (Å²) in [6.07, 6.45) is 1.24. The van der Waals surface area contributed by atoms with Gasteiger partial charge in [-0.2, -0.15) is 0 Å². The first kappa shape index (κ1) is 18.3. The van der Waals surface area contributed by atoms with E-state index >= 15 is 0 Å². The van der Waals surface area contributed by atoms with E-state index < -0.39 is 0 Å². The number of ether oxygens (including phenoxy) is 1. The summed E-state index contributed by atoms with van der Waals surface area (Å²) < 4.78 is 5.12. The van der Waals surface area contributed by atoms with E-state index in [0.717, 1.165) is 38.3 Å². The normalized spacial score (nSPS) is 14.3. The van der Waals surface area contributed by atoms with Gasteiger partial charge in [0.1, 0.15) is 5.75 Å². The van der Waals surface area contributed by atoms with Gasteiger partial charge in [0.25, 0.3) is 5.91 Å². The summed E-state index contributed by atoms with van der Waals surface area (Å²) in [5.41, 5.74) is 0.624. The minimum atomic E-state index is -0.0346. The fourth-order valence-electron chi connectivity index (χ4n) is 2.80. The molecule has 0 radical (unpaired) electrons. The summed E-state index contributed by atoms with van der Waals surface area (Å²) in [7, 11) is 1.60. The maximum Gasteiger partial charge on any atom is 0.253 e.